The largest absolute Gasteiger partial charge is 0.342 e. The first-order valence-corrected chi connectivity index (χ1v) is 6.09. The van der Waals surface area contributed by atoms with Crippen LogP contribution >= 0.6 is 0 Å². The van der Waals surface area contributed by atoms with E-state index in [0.29, 0.717) is 12.1 Å². The SMILES string of the molecule is CN(C)CCCN(C)C(=O)c1ccnc(CN)c1. The lowest BCUT2D eigenvalue weighted by Gasteiger charge is -2.18. The van der Waals surface area contributed by atoms with E-state index in [1.54, 1.807) is 23.2 Å². The molecule has 0 unspecified atom stereocenters. The number of nitrogens with zero attached hydrogens (tertiary/aromatic N) is 3. The smallest absolute Gasteiger partial charge is 0.253 e. The average molecular weight is 250 g/mol. The molecule has 0 aliphatic heterocycles. The number of hydrogen-bond donors (Lipinski definition) is 1. The van der Waals surface area contributed by atoms with Gasteiger partial charge in [0.2, 0.25) is 0 Å². The molecule has 5 heteroatoms. The first-order chi connectivity index (χ1) is 8.54. The molecule has 1 heterocycles. The van der Waals surface area contributed by atoms with Gasteiger partial charge in [-0.15, -0.1) is 0 Å². The monoisotopic (exact) mass is 250 g/mol. The Balaban J connectivity index is 2.56. The summed E-state index contributed by atoms with van der Waals surface area (Å²) in [5, 5.41) is 0. The lowest BCUT2D eigenvalue weighted by molar-refractivity contribution is 0.0790. The second kappa shape index (κ2) is 7.08. The molecule has 0 spiro atoms. The number of pyridine rings is 1. The molecule has 0 aromatic carbocycles. The van der Waals surface area contributed by atoms with Gasteiger partial charge in [-0.1, -0.05) is 0 Å². The van der Waals surface area contributed by atoms with E-state index in [2.05, 4.69) is 9.88 Å². The van der Waals surface area contributed by atoms with Crippen LogP contribution in [0.2, 0.25) is 0 Å². The normalized spacial score (nSPS) is 10.7. The second-order valence-electron chi connectivity index (χ2n) is 4.62. The Kier molecular flexibility index (Phi) is 5.74. The maximum Gasteiger partial charge on any atom is 0.253 e. The van der Waals surface area contributed by atoms with Crippen LogP contribution in [-0.4, -0.2) is 54.9 Å². The van der Waals surface area contributed by atoms with Crippen LogP contribution in [-0.2, 0) is 6.54 Å². The van der Waals surface area contributed by atoms with Gasteiger partial charge in [-0.25, -0.2) is 0 Å². The minimum absolute atomic E-state index is 0.0193. The minimum Gasteiger partial charge on any atom is -0.342 e. The van der Waals surface area contributed by atoms with Crippen molar-refractivity contribution in [2.24, 2.45) is 5.73 Å². The fourth-order valence-corrected chi connectivity index (χ4v) is 1.67. The molecular formula is C13H22N4O. The molecule has 5 nitrogen and oxygen atoms in total. The summed E-state index contributed by atoms with van der Waals surface area (Å²) in [6, 6.07) is 3.48. The highest BCUT2D eigenvalue weighted by molar-refractivity contribution is 5.94. The van der Waals surface area contributed by atoms with Gasteiger partial charge in [0.1, 0.15) is 0 Å². The van der Waals surface area contributed by atoms with Gasteiger partial charge in [-0.3, -0.25) is 9.78 Å². The van der Waals surface area contributed by atoms with Gasteiger partial charge in [0.15, 0.2) is 0 Å². The molecule has 1 aromatic heterocycles. The number of amides is 1. The van der Waals surface area contributed by atoms with E-state index in [1.807, 2.05) is 21.1 Å². The summed E-state index contributed by atoms with van der Waals surface area (Å²) in [6.07, 6.45) is 2.59. The Labute approximate surface area is 109 Å². The van der Waals surface area contributed by atoms with Crippen molar-refractivity contribution >= 4 is 5.91 Å². The van der Waals surface area contributed by atoms with Crippen LogP contribution in [0.1, 0.15) is 22.5 Å². The van der Waals surface area contributed by atoms with E-state index < -0.39 is 0 Å². The summed E-state index contributed by atoms with van der Waals surface area (Å²) in [6.45, 7) is 2.07. The summed E-state index contributed by atoms with van der Waals surface area (Å²) in [5.41, 5.74) is 6.90. The maximum absolute atomic E-state index is 12.1. The Hall–Kier alpha value is -1.46. The second-order valence-corrected chi connectivity index (χ2v) is 4.62. The molecule has 1 rings (SSSR count). The fourth-order valence-electron chi connectivity index (χ4n) is 1.67. The quantitative estimate of drug-likeness (QED) is 0.801. The summed E-state index contributed by atoms with van der Waals surface area (Å²) in [4.78, 5) is 20.1. The molecule has 100 valence electrons. The van der Waals surface area contributed by atoms with E-state index in [4.69, 9.17) is 5.73 Å². The van der Waals surface area contributed by atoms with Gasteiger partial charge in [0, 0.05) is 31.9 Å². The maximum atomic E-state index is 12.1. The van der Waals surface area contributed by atoms with Crippen LogP contribution in [0.15, 0.2) is 18.3 Å². The standard InChI is InChI=1S/C13H22N4O/c1-16(2)7-4-8-17(3)13(18)11-5-6-15-12(9-11)10-14/h5-6,9H,4,7-8,10,14H2,1-3H3. The molecule has 0 radical (unpaired) electrons. The van der Waals surface area contributed by atoms with Crippen LogP contribution < -0.4 is 5.73 Å². The van der Waals surface area contributed by atoms with Gasteiger partial charge in [-0.05, 0) is 39.2 Å². The minimum atomic E-state index is 0.0193. The topological polar surface area (TPSA) is 62.5 Å². The first-order valence-electron chi connectivity index (χ1n) is 6.09. The average Bonchev–Trinajstić information content (AvgIpc) is 2.37. The van der Waals surface area contributed by atoms with Crippen molar-refractivity contribution in [3.63, 3.8) is 0 Å². The zero-order valence-electron chi connectivity index (χ0n) is 11.4. The van der Waals surface area contributed by atoms with Crippen molar-refractivity contribution in [3.8, 4) is 0 Å². The van der Waals surface area contributed by atoms with E-state index >= 15 is 0 Å². The molecule has 1 amide bonds. The first kappa shape index (κ1) is 14.6. The highest BCUT2D eigenvalue weighted by Crippen LogP contribution is 2.05. The van der Waals surface area contributed by atoms with Gasteiger partial charge < -0.3 is 15.5 Å². The number of aromatic nitrogens is 1. The third-order valence-electron chi connectivity index (χ3n) is 2.72. The van der Waals surface area contributed by atoms with E-state index in [1.165, 1.54) is 0 Å². The van der Waals surface area contributed by atoms with Crippen LogP contribution in [0.4, 0.5) is 0 Å². The summed E-state index contributed by atoms with van der Waals surface area (Å²) < 4.78 is 0. The molecular weight excluding hydrogens is 228 g/mol. The molecule has 0 aliphatic rings. The zero-order valence-corrected chi connectivity index (χ0v) is 11.4. The number of hydrogen-bond acceptors (Lipinski definition) is 4. The predicted octanol–water partition coefficient (Wildman–Crippen LogP) is 0.564. The van der Waals surface area contributed by atoms with Gasteiger partial charge in [-0.2, -0.15) is 0 Å². The fraction of sp³-hybridized carbons (Fsp3) is 0.538. The van der Waals surface area contributed by atoms with Crippen molar-refractivity contribution in [1.82, 2.24) is 14.8 Å². The summed E-state index contributed by atoms with van der Waals surface area (Å²) >= 11 is 0. The Morgan fingerprint density at radius 1 is 1.33 bits per heavy atom. The third-order valence-corrected chi connectivity index (χ3v) is 2.72. The molecule has 1 aromatic rings. The zero-order chi connectivity index (χ0) is 13.5. The van der Waals surface area contributed by atoms with Crippen LogP contribution in [0.5, 0.6) is 0 Å². The summed E-state index contributed by atoms with van der Waals surface area (Å²) in [7, 11) is 5.87. The van der Waals surface area contributed by atoms with Gasteiger partial charge in [0.25, 0.3) is 5.91 Å². The number of nitrogens with two attached hydrogens (primary N) is 1. The van der Waals surface area contributed by atoms with E-state index in [9.17, 15) is 4.79 Å². The van der Waals surface area contributed by atoms with Crippen molar-refractivity contribution in [2.45, 2.75) is 13.0 Å². The molecule has 0 atom stereocenters. The van der Waals surface area contributed by atoms with Crippen molar-refractivity contribution in [2.75, 3.05) is 34.2 Å². The van der Waals surface area contributed by atoms with Crippen LogP contribution in [0.3, 0.4) is 0 Å². The van der Waals surface area contributed by atoms with Crippen molar-refractivity contribution in [3.05, 3.63) is 29.6 Å². The summed E-state index contributed by atoms with van der Waals surface area (Å²) in [5.74, 6) is 0.0193. The third kappa shape index (κ3) is 4.43. The molecule has 0 fully saturated rings. The molecule has 18 heavy (non-hydrogen) atoms. The van der Waals surface area contributed by atoms with E-state index in [0.717, 1.165) is 25.2 Å². The van der Waals surface area contributed by atoms with Gasteiger partial charge in [0.05, 0.1) is 5.69 Å². The highest BCUT2D eigenvalue weighted by atomic mass is 16.2. The Morgan fingerprint density at radius 2 is 2.06 bits per heavy atom. The van der Waals surface area contributed by atoms with Crippen LogP contribution in [0.25, 0.3) is 0 Å². The Morgan fingerprint density at radius 3 is 2.67 bits per heavy atom. The number of carbonyl (C=O) groups is 1. The van der Waals surface area contributed by atoms with Crippen LogP contribution in [0, 0.1) is 0 Å². The molecule has 0 saturated carbocycles. The lowest BCUT2D eigenvalue weighted by atomic mass is 10.2. The number of rotatable bonds is 6. The highest BCUT2D eigenvalue weighted by Gasteiger charge is 2.11. The molecule has 0 bridgehead atoms. The number of carbonyl (C=O) groups excluding carboxylic acids is 1. The van der Waals surface area contributed by atoms with Gasteiger partial charge >= 0.3 is 0 Å². The molecule has 0 aliphatic carbocycles. The van der Waals surface area contributed by atoms with Crippen molar-refractivity contribution in [1.29, 1.82) is 0 Å². The van der Waals surface area contributed by atoms with E-state index in [-0.39, 0.29) is 5.91 Å². The predicted molar refractivity (Wildman–Crippen MR) is 72.3 cm³/mol. The lowest BCUT2D eigenvalue weighted by Crippen LogP contribution is -2.29. The Bertz CT molecular complexity index is 392. The molecule has 2 N–H and O–H groups in total. The molecule has 0 saturated heterocycles. The van der Waals surface area contributed by atoms with Crippen molar-refractivity contribution < 1.29 is 4.79 Å².